The van der Waals surface area contributed by atoms with Crippen LogP contribution in [-0.2, 0) is 0 Å². The number of halogens is 1. The van der Waals surface area contributed by atoms with E-state index in [1.807, 2.05) is 6.07 Å². The first-order chi connectivity index (χ1) is 11.0. The van der Waals surface area contributed by atoms with Gasteiger partial charge in [-0.15, -0.1) is 24.0 Å². The summed E-state index contributed by atoms with van der Waals surface area (Å²) in [7, 11) is 0. The molecule has 0 aliphatic heterocycles. The fourth-order valence-electron chi connectivity index (χ4n) is 3.24. The Kier molecular flexibility index (Phi) is 9.05. The zero-order valence-corrected chi connectivity index (χ0v) is 17.5. The maximum Gasteiger partial charge on any atom is 0.188 e. The van der Waals surface area contributed by atoms with Gasteiger partial charge in [0, 0.05) is 17.6 Å². The second kappa shape index (κ2) is 10.2. The van der Waals surface area contributed by atoms with Gasteiger partial charge in [-0.25, -0.2) is 0 Å². The molecule has 0 spiro atoms. The molecule has 5 heteroatoms. The maximum absolute atomic E-state index is 6.06. The van der Waals surface area contributed by atoms with E-state index < -0.39 is 0 Å². The molecule has 1 aliphatic rings. The Morgan fingerprint density at radius 3 is 2.46 bits per heavy atom. The first kappa shape index (κ1) is 21.2. The van der Waals surface area contributed by atoms with Crippen LogP contribution in [0.15, 0.2) is 35.3 Å². The number of hydrogen-bond acceptors (Lipinski definition) is 2. The highest BCUT2D eigenvalue weighted by atomic mass is 127. The maximum atomic E-state index is 6.06. The largest absolute Gasteiger partial charge is 0.370 e. The molecule has 0 bridgehead atoms. The smallest absolute Gasteiger partial charge is 0.188 e. The number of rotatable bonds is 6. The lowest BCUT2D eigenvalue weighted by Gasteiger charge is -2.29. The van der Waals surface area contributed by atoms with Crippen molar-refractivity contribution < 1.29 is 0 Å². The van der Waals surface area contributed by atoms with Crippen molar-refractivity contribution in [1.82, 2.24) is 10.6 Å². The molecule has 4 N–H and O–H groups in total. The quantitative estimate of drug-likeness (QED) is 0.354. The third kappa shape index (κ3) is 7.38. The van der Waals surface area contributed by atoms with Gasteiger partial charge >= 0.3 is 0 Å². The standard InChI is InChI=1S/C19H32N4.HI/c1-15(16-10-6-4-7-11-16)23-19(2,3)14-21-18(20)22-17-12-8-5-9-13-17;/h4,6-7,10-11,15,17,23H,5,8-9,12-14H2,1-3H3,(H3,20,21,22);1H. The molecule has 0 aromatic heterocycles. The van der Waals surface area contributed by atoms with E-state index in [1.165, 1.54) is 37.7 Å². The van der Waals surface area contributed by atoms with Gasteiger partial charge in [-0.2, -0.15) is 0 Å². The fourth-order valence-corrected chi connectivity index (χ4v) is 3.24. The van der Waals surface area contributed by atoms with Gasteiger partial charge in [0.25, 0.3) is 0 Å². The lowest BCUT2D eigenvalue weighted by molar-refractivity contribution is 0.356. The molecule has 1 unspecified atom stereocenters. The van der Waals surface area contributed by atoms with E-state index in [2.05, 4.69) is 60.7 Å². The highest BCUT2D eigenvalue weighted by Gasteiger charge is 2.21. The summed E-state index contributed by atoms with van der Waals surface area (Å²) in [5, 5.41) is 7.02. The Morgan fingerprint density at radius 2 is 1.83 bits per heavy atom. The molecule has 1 aromatic carbocycles. The van der Waals surface area contributed by atoms with Crippen molar-refractivity contribution in [3.05, 3.63) is 35.9 Å². The Labute approximate surface area is 164 Å². The molecule has 1 aromatic rings. The van der Waals surface area contributed by atoms with E-state index in [4.69, 9.17) is 5.73 Å². The molecule has 136 valence electrons. The second-order valence-corrected chi connectivity index (χ2v) is 7.34. The van der Waals surface area contributed by atoms with Crippen LogP contribution in [-0.4, -0.2) is 24.1 Å². The average molecular weight is 444 g/mol. The molecule has 0 radical (unpaired) electrons. The Morgan fingerprint density at radius 1 is 1.21 bits per heavy atom. The number of nitrogens with two attached hydrogens (primary N) is 1. The van der Waals surface area contributed by atoms with Crippen LogP contribution < -0.4 is 16.4 Å². The average Bonchev–Trinajstić information content (AvgIpc) is 2.54. The first-order valence-corrected chi connectivity index (χ1v) is 8.85. The van der Waals surface area contributed by atoms with Crippen LogP contribution in [0, 0.1) is 0 Å². The SMILES string of the molecule is CC(NC(C)(C)CN=C(N)NC1CCCCC1)c1ccccc1.I. The Bertz CT molecular complexity index is 495. The van der Waals surface area contributed by atoms with Crippen molar-refractivity contribution in [1.29, 1.82) is 0 Å². The van der Waals surface area contributed by atoms with Gasteiger partial charge < -0.3 is 16.4 Å². The summed E-state index contributed by atoms with van der Waals surface area (Å²) in [6.07, 6.45) is 6.37. The van der Waals surface area contributed by atoms with Crippen LogP contribution >= 0.6 is 24.0 Å². The van der Waals surface area contributed by atoms with Crippen molar-refractivity contribution in [3.8, 4) is 0 Å². The van der Waals surface area contributed by atoms with Crippen molar-refractivity contribution in [3.63, 3.8) is 0 Å². The zero-order chi connectivity index (χ0) is 16.7. The molecule has 2 rings (SSSR count). The van der Waals surface area contributed by atoms with E-state index in [0.29, 0.717) is 18.5 Å². The molecule has 0 heterocycles. The Balaban J connectivity index is 0.00000288. The van der Waals surface area contributed by atoms with E-state index in [1.54, 1.807) is 0 Å². The summed E-state index contributed by atoms with van der Waals surface area (Å²) in [5.41, 5.74) is 7.25. The van der Waals surface area contributed by atoms with Crippen molar-refractivity contribution in [2.75, 3.05) is 6.54 Å². The normalized spacial score (nSPS) is 17.9. The third-order valence-electron chi connectivity index (χ3n) is 4.51. The zero-order valence-electron chi connectivity index (χ0n) is 15.2. The predicted octanol–water partition coefficient (Wildman–Crippen LogP) is 3.97. The second-order valence-electron chi connectivity index (χ2n) is 7.34. The highest BCUT2D eigenvalue weighted by molar-refractivity contribution is 14.0. The third-order valence-corrected chi connectivity index (χ3v) is 4.51. The van der Waals surface area contributed by atoms with Gasteiger partial charge in [0.05, 0.1) is 6.54 Å². The fraction of sp³-hybridized carbons (Fsp3) is 0.632. The van der Waals surface area contributed by atoms with Crippen molar-refractivity contribution in [2.45, 2.75) is 70.5 Å². The molecule has 1 fully saturated rings. The van der Waals surface area contributed by atoms with Crippen LogP contribution in [0.25, 0.3) is 0 Å². The lowest BCUT2D eigenvalue weighted by atomic mass is 9.96. The van der Waals surface area contributed by atoms with Gasteiger partial charge in [0.1, 0.15) is 0 Å². The number of nitrogens with one attached hydrogen (secondary N) is 2. The van der Waals surface area contributed by atoms with Gasteiger partial charge in [-0.05, 0) is 39.2 Å². The molecule has 24 heavy (non-hydrogen) atoms. The lowest BCUT2D eigenvalue weighted by Crippen LogP contribution is -2.46. The molecular formula is C19H33IN4. The summed E-state index contributed by atoms with van der Waals surface area (Å²) in [6.45, 7) is 7.19. The molecular weight excluding hydrogens is 411 g/mol. The van der Waals surface area contributed by atoms with Crippen molar-refractivity contribution >= 4 is 29.9 Å². The molecule has 4 nitrogen and oxygen atoms in total. The summed E-state index contributed by atoms with van der Waals surface area (Å²) < 4.78 is 0. The topological polar surface area (TPSA) is 62.4 Å². The molecule has 1 saturated carbocycles. The van der Waals surface area contributed by atoms with E-state index >= 15 is 0 Å². The van der Waals surface area contributed by atoms with E-state index in [9.17, 15) is 0 Å². The van der Waals surface area contributed by atoms with Crippen LogP contribution in [0.3, 0.4) is 0 Å². The van der Waals surface area contributed by atoms with Crippen LogP contribution in [0.1, 0.15) is 64.5 Å². The summed E-state index contributed by atoms with van der Waals surface area (Å²) in [5.74, 6) is 0.583. The van der Waals surface area contributed by atoms with Gasteiger partial charge in [0.2, 0.25) is 0 Å². The van der Waals surface area contributed by atoms with Gasteiger partial charge in [0.15, 0.2) is 5.96 Å². The molecule has 1 aliphatic carbocycles. The van der Waals surface area contributed by atoms with Crippen LogP contribution in [0.2, 0.25) is 0 Å². The molecule has 0 amide bonds. The minimum absolute atomic E-state index is 0. The monoisotopic (exact) mass is 444 g/mol. The summed E-state index contributed by atoms with van der Waals surface area (Å²) >= 11 is 0. The van der Waals surface area contributed by atoms with Crippen LogP contribution in [0.5, 0.6) is 0 Å². The predicted molar refractivity (Wildman–Crippen MR) is 114 cm³/mol. The van der Waals surface area contributed by atoms with Crippen LogP contribution in [0.4, 0.5) is 0 Å². The van der Waals surface area contributed by atoms with Crippen molar-refractivity contribution in [2.24, 2.45) is 10.7 Å². The number of hydrogen-bond donors (Lipinski definition) is 3. The van der Waals surface area contributed by atoms with E-state index in [0.717, 1.165) is 0 Å². The minimum Gasteiger partial charge on any atom is -0.370 e. The highest BCUT2D eigenvalue weighted by Crippen LogP contribution is 2.18. The minimum atomic E-state index is -0.103. The number of benzene rings is 1. The van der Waals surface area contributed by atoms with Gasteiger partial charge in [-0.3, -0.25) is 4.99 Å². The Hall–Kier alpha value is -0.820. The number of nitrogens with zero attached hydrogens (tertiary/aromatic N) is 1. The van der Waals surface area contributed by atoms with E-state index in [-0.39, 0.29) is 35.6 Å². The summed E-state index contributed by atoms with van der Waals surface area (Å²) in [6, 6.07) is 11.3. The van der Waals surface area contributed by atoms with Gasteiger partial charge in [-0.1, -0.05) is 49.6 Å². The number of guanidine groups is 1. The molecule has 1 atom stereocenters. The number of aliphatic imine (C=N–C) groups is 1. The summed E-state index contributed by atoms with van der Waals surface area (Å²) in [4.78, 5) is 4.56. The first-order valence-electron chi connectivity index (χ1n) is 8.85. The molecule has 0 saturated heterocycles.